The normalized spacial score (nSPS) is 3.12. The third-order valence-corrected chi connectivity index (χ3v) is 0. The molecule has 0 saturated heterocycles. The van der Waals surface area contributed by atoms with E-state index < -0.39 is 5.97 Å². The van der Waals surface area contributed by atoms with Gasteiger partial charge in [-0.3, -0.25) is 4.79 Å². The van der Waals surface area contributed by atoms with Crippen LogP contribution in [0.2, 0.25) is 0 Å². The number of aliphatic carboxylic acids is 1. The molecule has 0 aliphatic rings. The van der Waals surface area contributed by atoms with Gasteiger partial charge in [0.05, 0.1) is 0 Å². The van der Waals surface area contributed by atoms with Gasteiger partial charge in [0, 0.05) is 6.92 Å². The summed E-state index contributed by atoms with van der Waals surface area (Å²) in [4.78, 5) is 9.00. The number of carboxylic acid groups (broad SMARTS) is 1. The van der Waals surface area contributed by atoms with Crippen molar-refractivity contribution in [3.8, 4) is 0 Å². The van der Waals surface area contributed by atoms with Crippen LogP contribution >= 0.6 is 0 Å². The minimum atomic E-state index is -0.833. The molecule has 0 heterocycles. The Morgan fingerprint density at radius 3 is 1.25 bits per heavy atom. The molecule has 0 aromatic rings. The van der Waals surface area contributed by atoms with Crippen molar-refractivity contribution in [3.63, 3.8) is 0 Å². The van der Waals surface area contributed by atoms with Crippen molar-refractivity contribution < 1.29 is 104 Å². The second-order valence-corrected chi connectivity index (χ2v) is 0.519. The Kier molecular flexibility index (Phi) is 89.4. The van der Waals surface area contributed by atoms with Crippen LogP contribution in [0.5, 0.6) is 0 Å². The monoisotopic (exact) mass is 145 g/mol. The molecular weight excluding hydrogens is 141 g/mol. The average Bonchev–Trinajstić information content (AvgIpc) is 0.811. The Labute approximate surface area is 115 Å². The molecule has 32 valence electrons. The molecule has 0 aromatic carbocycles. The van der Waals surface area contributed by atoms with Crippen LogP contribution in [-0.2, 0) is 10.3 Å². The van der Waals surface area contributed by atoms with Crippen molar-refractivity contribution in [1.29, 1.82) is 0 Å². The molecule has 3 nitrogen and oxygen atoms in total. The van der Waals surface area contributed by atoms with Crippen molar-refractivity contribution in [2.24, 2.45) is 0 Å². The van der Waals surface area contributed by atoms with Gasteiger partial charge in [0.25, 0.3) is 5.97 Å². The van der Waals surface area contributed by atoms with Gasteiger partial charge in [-0.1, -0.05) is 0 Å². The summed E-state index contributed by atoms with van der Waals surface area (Å²) in [6, 6.07) is 0. The summed E-state index contributed by atoms with van der Waals surface area (Å²) in [6.45, 7) is 1.08. The summed E-state index contributed by atoms with van der Waals surface area (Å²) in [5.74, 6) is -0.833. The Hall–Kier alpha value is 2.43. The molecule has 0 amide bonds. The standard InChI is InChI=1S/C2H4O2.3Na.O/c1-2(3)4;;;;/h1H3,(H,3,4);;;;/q;3*+1;-2. The zero-order valence-electron chi connectivity index (χ0n) is 5.76. The van der Waals surface area contributed by atoms with Crippen LogP contribution in [0.4, 0.5) is 0 Å². The molecule has 0 saturated carbocycles. The molecule has 0 rings (SSSR count). The maximum absolute atomic E-state index is 9.00. The summed E-state index contributed by atoms with van der Waals surface area (Å²) in [5, 5.41) is 7.42. The van der Waals surface area contributed by atoms with E-state index in [9.17, 15) is 0 Å². The topological polar surface area (TPSA) is 65.8 Å². The van der Waals surface area contributed by atoms with Crippen LogP contribution in [0.25, 0.3) is 0 Å². The van der Waals surface area contributed by atoms with E-state index in [0.717, 1.165) is 6.92 Å². The molecule has 0 radical (unpaired) electrons. The van der Waals surface area contributed by atoms with Crippen LogP contribution in [0.1, 0.15) is 6.92 Å². The number of rotatable bonds is 0. The van der Waals surface area contributed by atoms with E-state index in [2.05, 4.69) is 0 Å². The van der Waals surface area contributed by atoms with Crippen molar-refractivity contribution in [2.45, 2.75) is 6.92 Å². The summed E-state index contributed by atoms with van der Waals surface area (Å²) in [5.41, 5.74) is 0. The van der Waals surface area contributed by atoms with Gasteiger partial charge in [0.2, 0.25) is 0 Å². The number of carboxylic acids is 1. The third kappa shape index (κ3) is 78.8. The number of hydrogen-bond donors (Lipinski definition) is 1. The van der Waals surface area contributed by atoms with Gasteiger partial charge < -0.3 is 10.6 Å². The molecular formula is C2H4Na3O3+. The Morgan fingerprint density at radius 1 is 1.25 bits per heavy atom. The second kappa shape index (κ2) is 22.7. The fourth-order valence-electron chi connectivity index (χ4n) is 0. The van der Waals surface area contributed by atoms with Crippen molar-refractivity contribution in [2.75, 3.05) is 0 Å². The number of hydrogen-bond acceptors (Lipinski definition) is 1. The minimum absolute atomic E-state index is 0. The third-order valence-electron chi connectivity index (χ3n) is 0. The first kappa shape index (κ1) is 31.5. The molecule has 0 aliphatic heterocycles. The van der Waals surface area contributed by atoms with Crippen LogP contribution in [0, 0.1) is 0 Å². The molecule has 0 spiro atoms. The zero-order chi connectivity index (χ0) is 3.58. The van der Waals surface area contributed by atoms with Crippen molar-refractivity contribution in [3.05, 3.63) is 0 Å². The summed E-state index contributed by atoms with van der Waals surface area (Å²) in [7, 11) is 0. The van der Waals surface area contributed by atoms with E-state index in [1.54, 1.807) is 0 Å². The van der Waals surface area contributed by atoms with Gasteiger partial charge in [0.1, 0.15) is 0 Å². The smallest absolute Gasteiger partial charge is 1.00 e. The van der Waals surface area contributed by atoms with Crippen LogP contribution in [0.3, 0.4) is 0 Å². The predicted molar refractivity (Wildman–Crippen MR) is 14.0 cm³/mol. The van der Waals surface area contributed by atoms with Gasteiger partial charge in [-0.2, -0.15) is 0 Å². The molecule has 1 N–H and O–H groups in total. The number of carbonyl (C=O) groups is 1. The van der Waals surface area contributed by atoms with Crippen LogP contribution in [-0.4, -0.2) is 11.1 Å². The quantitative estimate of drug-likeness (QED) is 0.344. The first-order chi connectivity index (χ1) is 1.73. The largest absolute Gasteiger partial charge is 2.00 e. The second-order valence-electron chi connectivity index (χ2n) is 0.519. The molecule has 0 fully saturated rings. The molecule has 0 aromatic heterocycles. The van der Waals surface area contributed by atoms with Gasteiger partial charge in [-0.15, -0.1) is 0 Å². The average molecular weight is 145 g/mol. The molecule has 0 bridgehead atoms. The molecule has 0 unspecified atom stereocenters. The van der Waals surface area contributed by atoms with E-state index in [0.29, 0.717) is 0 Å². The first-order valence-corrected chi connectivity index (χ1v) is 0.928. The van der Waals surface area contributed by atoms with E-state index in [4.69, 9.17) is 9.90 Å². The molecule has 6 heteroatoms. The van der Waals surface area contributed by atoms with Crippen LogP contribution in [0.15, 0.2) is 0 Å². The molecule has 0 aliphatic carbocycles. The zero-order valence-corrected chi connectivity index (χ0v) is 11.8. The van der Waals surface area contributed by atoms with E-state index in [-0.39, 0.29) is 94.1 Å². The van der Waals surface area contributed by atoms with E-state index >= 15 is 0 Å². The van der Waals surface area contributed by atoms with Crippen molar-refractivity contribution in [1.82, 2.24) is 0 Å². The maximum atomic E-state index is 9.00. The van der Waals surface area contributed by atoms with E-state index in [1.165, 1.54) is 0 Å². The molecule has 0 atom stereocenters. The first-order valence-electron chi connectivity index (χ1n) is 0.928. The minimum Gasteiger partial charge on any atom is -2.00 e. The maximum Gasteiger partial charge on any atom is 1.00 e. The SMILES string of the molecule is CC(=O)O.[Na+].[Na+].[Na+].[O-2]. The van der Waals surface area contributed by atoms with Crippen LogP contribution < -0.4 is 88.7 Å². The van der Waals surface area contributed by atoms with Gasteiger partial charge in [0.15, 0.2) is 0 Å². The van der Waals surface area contributed by atoms with Gasteiger partial charge in [-0.25, -0.2) is 0 Å². The van der Waals surface area contributed by atoms with E-state index in [1.807, 2.05) is 0 Å². The molecule has 8 heavy (non-hydrogen) atoms. The van der Waals surface area contributed by atoms with Gasteiger partial charge in [-0.05, 0) is 0 Å². The summed E-state index contributed by atoms with van der Waals surface area (Å²) in [6.07, 6.45) is 0. The summed E-state index contributed by atoms with van der Waals surface area (Å²) < 4.78 is 0. The fraction of sp³-hybridized carbons (Fsp3) is 0.500. The van der Waals surface area contributed by atoms with Crippen molar-refractivity contribution >= 4 is 5.97 Å². The predicted octanol–water partition coefficient (Wildman–Crippen LogP) is -9.02. The Morgan fingerprint density at radius 2 is 1.25 bits per heavy atom. The Bertz CT molecular complexity index is 35.5. The fourth-order valence-corrected chi connectivity index (χ4v) is 0. The summed E-state index contributed by atoms with van der Waals surface area (Å²) >= 11 is 0. The Balaban J connectivity index is -0.00000000750. The van der Waals surface area contributed by atoms with Gasteiger partial charge >= 0.3 is 88.7 Å².